The van der Waals surface area contributed by atoms with Crippen LogP contribution in [0.25, 0.3) is 0 Å². The molecule has 2 heterocycles. The number of piperidine rings is 1. The van der Waals surface area contributed by atoms with Gasteiger partial charge in [-0.3, -0.25) is 0 Å². The van der Waals surface area contributed by atoms with Crippen molar-refractivity contribution in [2.24, 2.45) is 0 Å². The summed E-state index contributed by atoms with van der Waals surface area (Å²) in [4.78, 5) is 0. The molecule has 3 heteroatoms. The molecule has 0 aliphatic carbocycles. The van der Waals surface area contributed by atoms with Gasteiger partial charge >= 0.3 is 0 Å². The van der Waals surface area contributed by atoms with Gasteiger partial charge in [-0.25, -0.2) is 0 Å². The molecule has 0 radical (unpaired) electrons. The van der Waals surface area contributed by atoms with Gasteiger partial charge in [0.15, 0.2) is 0 Å². The first kappa shape index (κ1) is 10.4. The minimum absolute atomic E-state index is 0.682. The molecule has 2 fully saturated rings. The van der Waals surface area contributed by atoms with Crippen LogP contribution in [0.2, 0.25) is 0 Å². The van der Waals surface area contributed by atoms with Gasteiger partial charge in [0.2, 0.25) is 0 Å². The summed E-state index contributed by atoms with van der Waals surface area (Å²) in [6, 6.07) is 2.12. The average Bonchev–Trinajstić information content (AvgIpc) is 2.19. The summed E-state index contributed by atoms with van der Waals surface area (Å²) in [5, 5.41) is 7.25. The van der Waals surface area contributed by atoms with Crippen LogP contribution in [-0.2, 0) is 4.74 Å². The second-order valence-electron chi connectivity index (χ2n) is 4.63. The normalized spacial score (nSPS) is 35.8. The molecular formula is C11H22N2O. The Morgan fingerprint density at radius 3 is 2.64 bits per heavy atom. The maximum atomic E-state index is 5.36. The fourth-order valence-electron chi connectivity index (χ4n) is 2.48. The van der Waals surface area contributed by atoms with Gasteiger partial charge in [-0.05, 0) is 39.2 Å². The van der Waals surface area contributed by atoms with Crippen molar-refractivity contribution in [3.05, 3.63) is 0 Å². The zero-order chi connectivity index (χ0) is 9.80. The molecule has 0 amide bonds. The van der Waals surface area contributed by atoms with Crippen molar-refractivity contribution in [3.63, 3.8) is 0 Å². The second-order valence-corrected chi connectivity index (χ2v) is 4.63. The lowest BCUT2D eigenvalue weighted by Gasteiger charge is -2.33. The number of nitrogens with one attached hydrogen (secondary N) is 2. The lowest BCUT2D eigenvalue weighted by atomic mass is 9.98. The van der Waals surface area contributed by atoms with Gasteiger partial charge in [0.1, 0.15) is 0 Å². The van der Waals surface area contributed by atoms with E-state index in [1.807, 2.05) is 0 Å². The number of rotatable bonds is 2. The molecule has 14 heavy (non-hydrogen) atoms. The highest BCUT2D eigenvalue weighted by Gasteiger charge is 2.22. The van der Waals surface area contributed by atoms with Crippen LogP contribution in [0.4, 0.5) is 0 Å². The van der Waals surface area contributed by atoms with Gasteiger partial charge in [-0.15, -0.1) is 0 Å². The summed E-state index contributed by atoms with van der Waals surface area (Å²) in [5.41, 5.74) is 0. The molecule has 0 spiro atoms. The number of hydrogen-bond acceptors (Lipinski definition) is 3. The summed E-state index contributed by atoms with van der Waals surface area (Å²) >= 11 is 0. The number of hydrogen-bond donors (Lipinski definition) is 2. The van der Waals surface area contributed by atoms with Crippen LogP contribution in [0, 0.1) is 0 Å². The molecule has 2 rings (SSSR count). The minimum Gasteiger partial charge on any atom is -0.381 e. The fraction of sp³-hybridized carbons (Fsp3) is 1.00. The van der Waals surface area contributed by atoms with E-state index in [2.05, 4.69) is 17.6 Å². The smallest absolute Gasteiger partial charge is 0.0480 e. The molecule has 2 aliphatic rings. The molecule has 3 nitrogen and oxygen atoms in total. The summed E-state index contributed by atoms with van der Waals surface area (Å²) in [7, 11) is 0. The van der Waals surface area contributed by atoms with E-state index in [0.717, 1.165) is 19.3 Å². The predicted octanol–water partition coefficient (Wildman–Crippen LogP) is 0.895. The van der Waals surface area contributed by atoms with E-state index in [1.54, 1.807) is 0 Å². The molecular weight excluding hydrogens is 176 g/mol. The Bertz CT molecular complexity index is 169. The predicted molar refractivity (Wildman–Crippen MR) is 57.5 cm³/mol. The van der Waals surface area contributed by atoms with Crippen molar-refractivity contribution in [3.8, 4) is 0 Å². The maximum Gasteiger partial charge on any atom is 0.0480 e. The van der Waals surface area contributed by atoms with Crippen LogP contribution in [0.3, 0.4) is 0 Å². The third-order valence-corrected chi connectivity index (χ3v) is 3.32. The van der Waals surface area contributed by atoms with Gasteiger partial charge in [-0.2, -0.15) is 0 Å². The van der Waals surface area contributed by atoms with Gasteiger partial charge < -0.3 is 15.4 Å². The van der Waals surface area contributed by atoms with Crippen LogP contribution in [-0.4, -0.2) is 37.9 Å². The lowest BCUT2D eigenvalue weighted by Crippen LogP contribution is -2.49. The quantitative estimate of drug-likeness (QED) is 0.691. The summed E-state index contributed by atoms with van der Waals surface area (Å²) in [5.74, 6) is 0. The van der Waals surface area contributed by atoms with E-state index >= 15 is 0 Å². The van der Waals surface area contributed by atoms with Crippen molar-refractivity contribution >= 4 is 0 Å². The van der Waals surface area contributed by atoms with E-state index in [-0.39, 0.29) is 0 Å². The zero-order valence-corrected chi connectivity index (χ0v) is 9.09. The van der Waals surface area contributed by atoms with Gasteiger partial charge in [0.05, 0.1) is 0 Å². The third-order valence-electron chi connectivity index (χ3n) is 3.32. The minimum atomic E-state index is 0.682. The monoisotopic (exact) mass is 198 g/mol. The van der Waals surface area contributed by atoms with Crippen molar-refractivity contribution in [1.29, 1.82) is 0 Å². The first-order valence-electron chi connectivity index (χ1n) is 5.92. The third kappa shape index (κ3) is 2.94. The molecule has 0 bridgehead atoms. The summed E-state index contributed by atoms with van der Waals surface area (Å²) < 4.78 is 5.36. The molecule has 0 unspecified atom stereocenters. The Morgan fingerprint density at radius 2 is 1.93 bits per heavy atom. The van der Waals surface area contributed by atoms with Crippen LogP contribution >= 0.6 is 0 Å². The topological polar surface area (TPSA) is 33.3 Å². The zero-order valence-electron chi connectivity index (χ0n) is 9.09. The van der Waals surface area contributed by atoms with Crippen LogP contribution in [0.1, 0.15) is 32.6 Å². The Balaban J connectivity index is 1.72. The van der Waals surface area contributed by atoms with E-state index in [1.165, 1.54) is 32.2 Å². The second kappa shape index (κ2) is 5.10. The number of ether oxygens (including phenoxy) is 1. The molecule has 0 saturated carbocycles. The highest BCUT2D eigenvalue weighted by atomic mass is 16.5. The van der Waals surface area contributed by atoms with Gasteiger partial charge in [-0.1, -0.05) is 0 Å². The molecule has 2 N–H and O–H groups in total. The first-order chi connectivity index (χ1) is 6.84. The Hall–Kier alpha value is -0.120. The van der Waals surface area contributed by atoms with Crippen LogP contribution in [0.5, 0.6) is 0 Å². The van der Waals surface area contributed by atoms with E-state index < -0.39 is 0 Å². The van der Waals surface area contributed by atoms with Gasteiger partial charge in [0.25, 0.3) is 0 Å². The molecule has 0 aromatic carbocycles. The molecule has 82 valence electrons. The Kier molecular flexibility index (Phi) is 3.79. The van der Waals surface area contributed by atoms with E-state index in [4.69, 9.17) is 4.74 Å². The molecule has 0 aromatic heterocycles. The largest absolute Gasteiger partial charge is 0.381 e. The molecule has 0 aromatic rings. The summed E-state index contributed by atoms with van der Waals surface area (Å²) in [6.45, 7) is 5.33. The average molecular weight is 198 g/mol. The highest BCUT2D eigenvalue weighted by molar-refractivity contribution is 4.83. The van der Waals surface area contributed by atoms with Crippen molar-refractivity contribution < 1.29 is 4.74 Å². The first-order valence-corrected chi connectivity index (χ1v) is 5.92. The van der Waals surface area contributed by atoms with Crippen molar-refractivity contribution in [2.75, 3.05) is 19.8 Å². The van der Waals surface area contributed by atoms with Crippen LogP contribution < -0.4 is 10.6 Å². The molecule has 2 atom stereocenters. The van der Waals surface area contributed by atoms with E-state index in [9.17, 15) is 0 Å². The molecule has 2 saturated heterocycles. The van der Waals surface area contributed by atoms with Gasteiger partial charge in [0, 0.05) is 31.3 Å². The standard InChI is InChI=1S/C11H22N2O/c1-9-8-11(2-5-12-9)13-10-3-6-14-7-4-10/h9-13H,2-8H2,1H3/t9-,11-/m1/s1. The maximum absolute atomic E-state index is 5.36. The van der Waals surface area contributed by atoms with Crippen molar-refractivity contribution in [2.45, 2.75) is 50.7 Å². The SMILES string of the molecule is C[C@@H]1C[C@H](NC2CCOCC2)CCN1. The lowest BCUT2D eigenvalue weighted by molar-refractivity contribution is 0.0728. The Labute approximate surface area is 86.6 Å². The van der Waals surface area contributed by atoms with Crippen molar-refractivity contribution in [1.82, 2.24) is 10.6 Å². The molecule has 2 aliphatic heterocycles. The highest BCUT2D eigenvalue weighted by Crippen LogP contribution is 2.13. The fourth-order valence-corrected chi connectivity index (χ4v) is 2.48. The van der Waals surface area contributed by atoms with E-state index in [0.29, 0.717) is 12.1 Å². The van der Waals surface area contributed by atoms with Crippen LogP contribution in [0.15, 0.2) is 0 Å². The summed E-state index contributed by atoms with van der Waals surface area (Å²) in [6.07, 6.45) is 4.94. The Morgan fingerprint density at radius 1 is 1.14 bits per heavy atom.